The summed E-state index contributed by atoms with van der Waals surface area (Å²) in [7, 11) is 0. The van der Waals surface area contributed by atoms with Crippen molar-refractivity contribution in [2.75, 3.05) is 5.73 Å². The molecule has 0 fully saturated rings. The quantitative estimate of drug-likeness (QED) is 0.649. The minimum atomic E-state index is 0. The Labute approximate surface area is 89.7 Å². The normalized spacial score (nSPS) is 10.7. The fourth-order valence-corrected chi connectivity index (χ4v) is 1.75. The summed E-state index contributed by atoms with van der Waals surface area (Å²) in [5.41, 5.74) is 5.47. The van der Waals surface area contributed by atoms with Crippen molar-refractivity contribution in [3.8, 4) is 0 Å². The maximum Gasteiger partial charge on any atom is 0.123 e. The molecular weight excluding hydrogens is 204 g/mol. The van der Waals surface area contributed by atoms with Gasteiger partial charge in [0.2, 0.25) is 0 Å². The van der Waals surface area contributed by atoms with Gasteiger partial charge in [0.25, 0.3) is 0 Å². The molecule has 0 aliphatic carbocycles. The van der Waals surface area contributed by atoms with Crippen LogP contribution in [0.15, 0.2) is 23.2 Å². The molecule has 0 unspecified atom stereocenters. The second-order valence-electron chi connectivity index (χ2n) is 3.63. The van der Waals surface area contributed by atoms with Gasteiger partial charge in [0.15, 0.2) is 0 Å². The number of pyridine rings is 1. The van der Waals surface area contributed by atoms with Crippen molar-refractivity contribution < 1.29 is 12.4 Å². The Morgan fingerprint density at radius 3 is 2.31 bits per heavy atom. The minimum Gasteiger partial charge on any atom is -1.00 e. The molecule has 2 nitrogen and oxygen atoms in total. The number of anilines is 1. The molecule has 74 valence electrons. The molecule has 2 N–H and O–H groups in total. The van der Waals surface area contributed by atoms with Crippen LogP contribution in [0.3, 0.4) is 0 Å². The predicted molar refractivity (Wildman–Crippen MR) is 54.3 cm³/mol. The van der Waals surface area contributed by atoms with E-state index in [9.17, 15) is 0 Å². The molecule has 0 spiro atoms. The standard InChI is InChI=1S/C9H14N2S.ClH/c1-9(2,3)12-7-4-5-8(10)11-6-7;/h4-6H,1-3H3,(H2,10,11);1H/p-1. The first-order chi connectivity index (χ1) is 5.47. The van der Waals surface area contributed by atoms with Crippen LogP contribution >= 0.6 is 11.8 Å². The smallest absolute Gasteiger partial charge is 0.123 e. The second-order valence-corrected chi connectivity index (χ2v) is 5.53. The van der Waals surface area contributed by atoms with Gasteiger partial charge in [-0.05, 0) is 12.1 Å². The van der Waals surface area contributed by atoms with E-state index in [1.165, 1.54) is 0 Å². The Morgan fingerprint density at radius 1 is 1.31 bits per heavy atom. The third-order valence-corrected chi connectivity index (χ3v) is 2.27. The Bertz CT molecular complexity index is 253. The van der Waals surface area contributed by atoms with Crippen molar-refractivity contribution in [3.63, 3.8) is 0 Å². The topological polar surface area (TPSA) is 38.9 Å². The van der Waals surface area contributed by atoms with E-state index >= 15 is 0 Å². The number of hydrogen-bond donors (Lipinski definition) is 1. The van der Waals surface area contributed by atoms with Crippen molar-refractivity contribution in [2.24, 2.45) is 0 Å². The van der Waals surface area contributed by atoms with Gasteiger partial charge in [0, 0.05) is 15.8 Å². The number of nitrogens with zero attached hydrogens (tertiary/aromatic N) is 1. The van der Waals surface area contributed by atoms with E-state index in [-0.39, 0.29) is 17.2 Å². The van der Waals surface area contributed by atoms with Crippen LogP contribution in [0.1, 0.15) is 20.8 Å². The Hall–Kier alpha value is -0.410. The molecule has 0 saturated carbocycles. The van der Waals surface area contributed by atoms with Crippen LogP contribution in [0.5, 0.6) is 0 Å². The van der Waals surface area contributed by atoms with Gasteiger partial charge < -0.3 is 18.1 Å². The average molecular weight is 218 g/mol. The maximum absolute atomic E-state index is 5.47. The molecule has 1 aromatic rings. The van der Waals surface area contributed by atoms with Crippen LogP contribution in [0.25, 0.3) is 0 Å². The summed E-state index contributed by atoms with van der Waals surface area (Å²) in [6.45, 7) is 6.52. The zero-order valence-electron chi connectivity index (χ0n) is 8.04. The zero-order chi connectivity index (χ0) is 9.19. The molecule has 4 heteroatoms. The van der Waals surface area contributed by atoms with E-state index in [2.05, 4.69) is 25.8 Å². The van der Waals surface area contributed by atoms with Crippen LogP contribution in [0.4, 0.5) is 5.82 Å². The lowest BCUT2D eigenvalue weighted by atomic mass is 10.3. The van der Waals surface area contributed by atoms with Gasteiger partial charge in [-0.2, -0.15) is 0 Å². The predicted octanol–water partition coefficient (Wildman–Crippen LogP) is -0.442. The first-order valence-corrected chi connectivity index (χ1v) is 4.69. The summed E-state index contributed by atoms with van der Waals surface area (Å²) in [5.74, 6) is 0.577. The molecule has 0 amide bonds. The molecule has 13 heavy (non-hydrogen) atoms. The Kier molecular flexibility index (Phi) is 4.57. The van der Waals surface area contributed by atoms with Gasteiger partial charge in [-0.15, -0.1) is 11.8 Å². The maximum atomic E-state index is 5.47. The summed E-state index contributed by atoms with van der Waals surface area (Å²) in [6.07, 6.45) is 1.81. The van der Waals surface area contributed by atoms with Crippen LogP contribution in [-0.4, -0.2) is 9.73 Å². The molecule has 1 aromatic heterocycles. The van der Waals surface area contributed by atoms with Gasteiger partial charge in [-0.25, -0.2) is 4.98 Å². The molecule has 0 aliphatic rings. The minimum absolute atomic E-state index is 0. The van der Waals surface area contributed by atoms with E-state index in [1.54, 1.807) is 11.8 Å². The second kappa shape index (κ2) is 4.72. The summed E-state index contributed by atoms with van der Waals surface area (Å²) in [6, 6.07) is 3.83. The van der Waals surface area contributed by atoms with Crippen molar-refractivity contribution in [1.82, 2.24) is 4.98 Å². The molecule has 0 saturated heterocycles. The van der Waals surface area contributed by atoms with Gasteiger partial charge in [0.1, 0.15) is 5.82 Å². The van der Waals surface area contributed by atoms with E-state index < -0.39 is 0 Å². The lowest BCUT2D eigenvalue weighted by molar-refractivity contribution is -0.00000293. The molecule has 0 radical (unpaired) electrons. The molecular formula is C9H14ClN2S-. The van der Waals surface area contributed by atoms with Crippen LogP contribution in [-0.2, 0) is 0 Å². The third-order valence-electron chi connectivity index (χ3n) is 1.18. The summed E-state index contributed by atoms with van der Waals surface area (Å²) >= 11 is 1.79. The van der Waals surface area contributed by atoms with Gasteiger partial charge in [0.05, 0.1) is 0 Å². The average Bonchev–Trinajstić information content (AvgIpc) is 1.91. The van der Waals surface area contributed by atoms with E-state index in [0.717, 1.165) is 4.90 Å². The number of nitrogen functional groups attached to an aromatic ring is 1. The van der Waals surface area contributed by atoms with Crippen molar-refractivity contribution in [3.05, 3.63) is 18.3 Å². The first-order valence-electron chi connectivity index (χ1n) is 3.88. The lowest BCUT2D eigenvalue weighted by Crippen LogP contribution is -3.00. The molecule has 1 rings (SSSR count). The number of halogens is 1. The SMILES string of the molecule is CC(C)(C)Sc1ccc(N)nc1.[Cl-]. The molecule has 0 atom stereocenters. The highest BCUT2D eigenvalue weighted by atomic mass is 35.5. The van der Waals surface area contributed by atoms with E-state index in [0.29, 0.717) is 5.82 Å². The van der Waals surface area contributed by atoms with Gasteiger partial charge >= 0.3 is 0 Å². The lowest BCUT2D eigenvalue weighted by Gasteiger charge is -2.16. The van der Waals surface area contributed by atoms with Crippen molar-refractivity contribution in [2.45, 2.75) is 30.4 Å². The number of aromatic nitrogens is 1. The monoisotopic (exact) mass is 217 g/mol. The Balaban J connectivity index is 0.00000144. The van der Waals surface area contributed by atoms with Gasteiger partial charge in [-0.3, -0.25) is 0 Å². The summed E-state index contributed by atoms with van der Waals surface area (Å²) in [4.78, 5) is 5.18. The summed E-state index contributed by atoms with van der Waals surface area (Å²) in [5, 5.41) is 0. The molecule has 0 aliphatic heterocycles. The highest BCUT2D eigenvalue weighted by Crippen LogP contribution is 2.31. The molecule has 1 heterocycles. The van der Waals surface area contributed by atoms with Crippen molar-refractivity contribution >= 4 is 17.6 Å². The molecule has 0 bridgehead atoms. The molecule has 0 aromatic carbocycles. The van der Waals surface area contributed by atoms with Crippen LogP contribution in [0, 0.1) is 0 Å². The van der Waals surface area contributed by atoms with Gasteiger partial charge in [-0.1, -0.05) is 20.8 Å². The Morgan fingerprint density at radius 2 is 1.92 bits per heavy atom. The third kappa shape index (κ3) is 5.01. The number of nitrogens with two attached hydrogens (primary N) is 1. The van der Waals surface area contributed by atoms with Crippen molar-refractivity contribution in [1.29, 1.82) is 0 Å². The zero-order valence-corrected chi connectivity index (χ0v) is 9.62. The fourth-order valence-electron chi connectivity index (χ4n) is 0.806. The number of thioether (sulfide) groups is 1. The largest absolute Gasteiger partial charge is 1.00 e. The first kappa shape index (κ1) is 12.6. The van der Waals surface area contributed by atoms with Crippen LogP contribution < -0.4 is 18.1 Å². The van der Waals surface area contributed by atoms with E-state index in [4.69, 9.17) is 5.73 Å². The highest BCUT2D eigenvalue weighted by Gasteiger charge is 2.11. The fraction of sp³-hybridized carbons (Fsp3) is 0.444. The number of hydrogen-bond acceptors (Lipinski definition) is 3. The number of rotatable bonds is 1. The highest BCUT2D eigenvalue weighted by molar-refractivity contribution is 8.00. The summed E-state index contributed by atoms with van der Waals surface area (Å²) < 4.78 is 0.234. The van der Waals surface area contributed by atoms with Crippen LogP contribution in [0.2, 0.25) is 0 Å². The van der Waals surface area contributed by atoms with E-state index in [1.807, 2.05) is 18.3 Å².